The summed E-state index contributed by atoms with van der Waals surface area (Å²) in [6, 6.07) is 25.3. The van der Waals surface area contributed by atoms with Crippen LogP contribution in [0.2, 0.25) is 0 Å². The molecular weight excluding hydrogens is 930 g/mol. The van der Waals surface area contributed by atoms with E-state index in [1.54, 1.807) is 80.0 Å². The van der Waals surface area contributed by atoms with Crippen molar-refractivity contribution in [3.8, 4) is 0 Å². The Hall–Kier alpha value is -4.08. The minimum absolute atomic E-state index is 0.726. The van der Waals surface area contributed by atoms with Crippen molar-refractivity contribution in [1.82, 2.24) is 0 Å². The summed E-state index contributed by atoms with van der Waals surface area (Å²) in [6.45, 7) is 21.7. The molecule has 330 valence electrons. The van der Waals surface area contributed by atoms with E-state index in [4.69, 9.17) is 0 Å². The van der Waals surface area contributed by atoms with E-state index < -0.39 is 42.9 Å². The summed E-state index contributed by atoms with van der Waals surface area (Å²) in [5.74, 6) is 0. The molecule has 66 heavy (non-hydrogen) atoms. The van der Waals surface area contributed by atoms with Crippen molar-refractivity contribution in [1.29, 1.82) is 0 Å². The molecule has 0 radical (unpaired) electrons. The zero-order valence-electron chi connectivity index (χ0n) is 39.1. The second kappa shape index (κ2) is 12.2. The number of rotatable bonds is 6. The van der Waals surface area contributed by atoms with Crippen molar-refractivity contribution >= 4 is 204 Å². The summed E-state index contributed by atoms with van der Waals surface area (Å²) in [6.07, 6.45) is 0. The molecule has 12 heteroatoms. The highest BCUT2D eigenvalue weighted by atomic mass is 31.2. The Morgan fingerprint density at radius 1 is 0.182 bits per heavy atom. The maximum atomic E-state index is 14.5. The maximum absolute atomic E-state index is 14.5. The lowest BCUT2D eigenvalue weighted by atomic mass is 9.73. The average Bonchev–Trinajstić information content (AvgIpc) is 3.21. The van der Waals surface area contributed by atoms with Crippen LogP contribution in [0.1, 0.15) is 0 Å². The first-order valence-corrected chi connectivity index (χ1v) is 37.8. The largest absolute Gasteiger partial charge is 0.319 e. The zero-order valence-corrected chi connectivity index (χ0v) is 44.4. The average molecular weight is 979 g/mol. The Bertz CT molecular complexity index is 3750. The van der Waals surface area contributed by atoms with Gasteiger partial charge in [0.1, 0.15) is 42.9 Å². The molecule has 0 aliphatic carbocycles. The summed E-state index contributed by atoms with van der Waals surface area (Å²) in [7, 11) is -17.4. The second-order valence-corrected chi connectivity index (χ2v) is 41.2. The molecule has 0 bridgehead atoms. The SMILES string of the molecule is CP(C)(=O)c1cc2c3cc(P(C)(C)=O)cc4c5cc(P(C)(C)=O)cc6c7cc(P(C)(C)=O)cc8c9cc(P(C)(C)=O)cc%10c%11cc(P(C)(C)=O)cc%12c(c1)c2c1c(c34)c(c56)c(c78)c(c%109)c1c%12%11. The summed E-state index contributed by atoms with van der Waals surface area (Å²) < 4.78 is 87.0. The first-order chi connectivity index (χ1) is 30.5. The first kappa shape index (κ1) is 42.1. The van der Waals surface area contributed by atoms with Crippen LogP contribution in [0, 0.1) is 0 Å². The van der Waals surface area contributed by atoms with Gasteiger partial charge in [-0.05, 0) is 282 Å². The van der Waals surface area contributed by atoms with E-state index >= 15 is 0 Å². The van der Waals surface area contributed by atoms with Crippen LogP contribution >= 0.6 is 42.9 Å². The minimum Gasteiger partial charge on any atom is -0.319 e. The number of hydrogen-bond donors (Lipinski definition) is 0. The Morgan fingerprint density at radius 2 is 0.273 bits per heavy atom. The lowest BCUT2D eigenvalue weighted by Crippen LogP contribution is -2.11. The van der Waals surface area contributed by atoms with Gasteiger partial charge in [0, 0.05) is 31.8 Å². The molecule has 0 aliphatic rings. The molecule has 0 amide bonds. The molecule has 0 spiro atoms. The highest BCUT2D eigenvalue weighted by Crippen LogP contribution is 2.62. The molecule has 0 aliphatic heterocycles. The molecule has 0 saturated carbocycles. The van der Waals surface area contributed by atoms with Crippen molar-refractivity contribution in [3.63, 3.8) is 0 Å². The summed E-state index contributed by atoms with van der Waals surface area (Å²) >= 11 is 0. The fourth-order valence-corrected chi connectivity index (χ4v) is 17.3. The van der Waals surface area contributed by atoms with Crippen LogP contribution < -0.4 is 31.8 Å². The van der Waals surface area contributed by atoms with E-state index in [0.29, 0.717) is 0 Å². The van der Waals surface area contributed by atoms with Crippen molar-refractivity contribution in [3.05, 3.63) is 72.8 Å². The lowest BCUT2D eigenvalue weighted by molar-refractivity contribution is 0.587. The normalized spacial score (nSPS) is 14.7. The second-order valence-electron chi connectivity index (χ2n) is 21.9. The highest BCUT2D eigenvalue weighted by Gasteiger charge is 2.35. The standard InChI is InChI=1S/C54H48O6P6/c1-61(2,55)25-13-31-33-15-26(62(3,4)56)17-35-37-19-28(64(7,8)58)21-39-41-23-30(66(11,12)60)24-42-40-22-29(65(9,10)59)20-38-36-18-27(63(5,6)57)16-34-32(14-25)43(31)49-50(44(33)35)52(46(37)39)54(48(41)42)53(47(38)40)51(49)45(34)36/h13-24H,1-12H3. The Kier molecular flexibility index (Phi) is 7.77. The van der Waals surface area contributed by atoms with Gasteiger partial charge in [-0.2, -0.15) is 0 Å². The predicted molar refractivity (Wildman–Crippen MR) is 298 cm³/mol. The number of fused-ring (bicyclic) bond motifs is 6. The van der Waals surface area contributed by atoms with Crippen LogP contribution in [0.3, 0.4) is 0 Å². The minimum atomic E-state index is -2.90. The molecule has 0 atom stereocenters. The van der Waals surface area contributed by atoms with E-state index in [-0.39, 0.29) is 0 Å². The molecule has 0 fully saturated rings. The van der Waals surface area contributed by atoms with Gasteiger partial charge in [-0.3, -0.25) is 0 Å². The van der Waals surface area contributed by atoms with E-state index in [9.17, 15) is 27.4 Å². The first-order valence-electron chi connectivity index (χ1n) is 22.2. The molecule has 0 aromatic heterocycles. The lowest BCUT2D eigenvalue weighted by Gasteiger charge is -2.31. The van der Waals surface area contributed by atoms with E-state index in [0.717, 1.165) is 161 Å². The van der Waals surface area contributed by atoms with Crippen molar-refractivity contribution in [2.45, 2.75) is 0 Å². The van der Waals surface area contributed by atoms with Gasteiger partial charge in [0.05, 0.1) is 0 Å². The van der Waals surface area contributed by atoms with Crippen LogP contribution in [0.15, 0.2) is 72.8 Å². The van der Waals surface area contributed by atoms with E-state index in [1.165, 1.54) is 0 Å². The van der Waals surface area contributed by atoms with Crippen LogP contribution in [-0.2, 0) is 27.4 Å². The molecule has 13 rings (SSSR count). The van der Waals surface area contributed by atoms with E-state index in [1.807, 2.05) is 0 Å². The van der Waals surface area contributed by atoms with Gasteiger partial charge in [0.15, 0.2) is 0 Å². The van der Waals surface area contributed by atoms with Gasteiger partial charge in [-0.25, -0.2) is 0 Å². The van der Waals surface area contributed by atoms with Crippen molar-refractivity contribution < 1.29 is 27.4 Å². The predicted octanol–water partition coefficient (Wildman–Crippen LogP) is 13.6. The van der Waals surface area contributed by atoms with Crippen LogP contribution in [-0.4, -0.2) is 80.0 Å². The third-order valence-corrected chi connectivity index (χ3v) is 24.2. The molecule has 6 nitrogen and oxygen atoms in total. The number of benzene rings is 13. The molecule has 0 unspecified atom stereocenters. The number of hydrogen-bond acceptors (Lipinski definition) is 6. The quantitative estimate of drug-likeness (QED) is 0.0934. The van der Waals surface area contributed by atoms with Gasteiger partial charge in [-0.15, -0.1) is 0 Å². The van der Waals surface area contributed by atoms with Gasteiger partial charge in [-0.1, -0.05) is 0 Å². The fraction of sp³-hybridized carbons (Fsp3) is 0.222. The Labute approximate surface area is 382 Å². The third-order valence-electron chi connectivity index (χ3n) is 15.2. The van der Waals surface area contributed by atoms with Gasteiger partial charge in [0.25, 0.3) is 0 Å². The van der Waals surface area contributed by atoms with Crippen molar-refractivity contribution in [2.24, 2.45) is 0 Å². The van der Waals surface area contributed by atoms with Crippen molar-refractivity contribution in [2.75, 3.05) is 80.0 Å². The topological polar surface area (TPSA) is 102 Å². The maximum Gasteiger partial charge on any atom is 0.109 e. The van der Waals surface area contributed by atoms with Gasteiger partial charge >= 0.3 is 0 Å². The fourth-order valence-electron chi connectivity index (χ4n) is 12.0. The highest BCUT2D eigenvalue weighted by molar-refractivity contribution is 7.71. The summed E-state index contributed by atoms with van der Waals surface area (Å²) in [5.41, 5.74) is 0. The van der Waals surface area contributed by atoms with Gasteiger partial charge < -0.3 is 27.4 Å². The molecule has 0 saturated heterocycles. The Morgan fingerprint density at radius 3 is 0.348 bits per heavy atom. The summed E-state index contributed by atoms with van der Waals surface area (Å²) in [4.78, 5) is 0. The summed E-state index contributed by atoms with van der Waals surface area (Å²) in [5, 5.41) is 28.2. The van der Waals surface area contributed by atoms with Crippen LogP contribution in [0.4, 0.5) is 0 Å². The molecular formula is C54H48O6P6. The third kappa shape index (κ3) is 5.20. The zero-order chi connectivity index (χ0) is 46.8. The van der Waals surface area contributed by atoms with Gasteiger partial charge in [0.2, 0.25) is 0 Å². The Balaban J connectivity index is 1.53. The molecule has 13 aromatic rings. The monoisotopic (exact) mass is 978 g/mol. The smallest absolute Gasteiger partial charge is 0.109 e. The molecule has 13 aromatic carbocycles. The molecule has 0 N–H and O–H groups in total. The van der Waals surface area contributed by atoms with Crippen LogP contribution in [0.25, 0.3) is 129 Å². The van der Waals surface area contributed by atoms with Crippen LogP contribution in [0.5, 0.6) is 0 Å². The molecule has 0 heterocycles. The van der Waals surface area contributed by atoms with E-state index in [2.05, 4.69) is 72.8 Å².